The molecule has 1 aromatic heterocycles. The Hall–Kier alpha value is -1.97. The molecular weight excluding hydrogens is 295 g/mol. The molecule has 0 atom stereocenters. The molecule has 0 aliphatic rings. The Morgan fingerprint density at radius 2 is 1.80 bits per heavy atom. The molecule has 5 heteroatoms. The predicted molar refractivity (Wildman–Crippen MR) is 82.7 cm³/mol. The van der Waals surface area contributed by atoms with Gasteiger partial charge in [0.2, 0.25) is 0 Å². The van der Waals surface area contributed by atoms with Crippen molar-refractivity contribution in [2.45, 2.75) is 0 Å². The molecule has 2 aromatic carbocycles. The summed E-state index contributed by atoms with van der Waals surface area (Å²) in [5.41, 5.74) is 6.59. The smallest absolute Gasteiger partial charge is 0.135 e. The van der Waals surface area contributed by atoms with Crippen molar-refractivity contribution in [1.82, 2.24) is 4.98 Å². The summed E-state index contributed by atoms with van der Waals surface area (Å²) in [7, 11) is 0. The normalized spacial score (nSPS) is 10.7. The lowest BCUT2D eigenvalue weighted by Crippen LogP contribution is -1.91. The fraction of sp³-hybridized carbons (Fsp3) is 0. The molecule has 0 fully saturated rings. The number of anilines is 1. The van der Waals surface area contributed by atoms with Gasteiger partial charge >= 0.3 is 0 Å². The second-order valence-corrected chi connectivity index (χ2v) is 5.07. The van der Waals surface area contributed by atoms with Crippen LogP contribution in [0.5, 0.6) is 11.5 Å². The monoisotopic (exact) mass is 304 g/mol. The van der Waals surface area contributed by atoms with Crippen molar-refractivity contribution in [2.75, 3.05) is 5.73 Å². The summed E-state index contributed by atoms with van der Waals surface area (Å²) >= 11 is 11.9. The molecule has 2 N–H and O–H groups in total. The number of aromatic nitrogens is 1. The van der Waals surface area contributed by atoms with Crippen LogP contribution in [0.3, 0.4) is 0 Å². The molecule has 0 unspecified atom stereocenters. The van der Waals surface area contributed by atoms with Gasteiger partial charge in [-0.15, -0.1) is 0 Å². The minimum Gasteiger partial charge on any atom is -0.457 e. The Morgan fingerprint density at radius 1 is 0.950 bits per heavy atom. The summed E-state index contributed by atoms with van der Waals surface area (Å²) in [4.78, 5) is 4.07. The van der Waals surface area contributed by atoms with Crippen LogP contribution in [0, 0.1) is 0 Å². The standard InChI is InChI=1S/C15H10Cl2N2O/c16-12-2-1-9(7-13(12)17)20-15-4-3-14(18)11-8-19-6-5-10(11)15/h1-8H,18H2. The number of rotatable bonds is 2. The van der Waals surface area contributed by atoms with Crippen LogP contribution in [0.1, 0.15) is 0 Å². The van der Waals surface area contributed by atoms with Crippen molar-refractivity contribution in [1.29, 1.82) is 0 Å². The first-order valence-corrected chi connectivity index (χ1v) is 6.66. The molecule has 0 saturated carbocycles. The first-order valence-electron chi connectivity index (χ1n) is 5.90. The summed E-state index contributed by atoms with van der Waals surface area (Å²) in [5, 5.41) is 2.69. The number of nitrogens with zero attached hydrogens (tertiary/aromatic N) is 1. The van der Waals surface area contributed by atoms with E-state index < -0.39 is 0 Å². The SMILES string of the molecule is Nc1ccc(Oc2ccc(Cl)c(Cl)c2)c2ccncc12. The lowest BCUT2D eigenvalue weighted by molar-refractivity contribution is 0.488. The largest absolute Gasteiger partial charge is 0.457 e. The molecule has 0 bridgehead atoms. The van der Waals surface area contributed by atoms with E-state index in [4.69, 9.17) is 33.7 Å². The zero-order valence-corrected chi connectivity index (χ0v) is 11.8. The zero-order chi connectivity index (χ0) is 14.1. The minimum atomic E-state index is 0.450. The first kappa shape index (κ1) is 13.0. The van der Waals surface area contributed by atoms with E-state index in [2.05, 4.69) is 4.98 Å². The third kappa shape index (κ3) is 2.38. The van der Waals surface area contributed by atoms with Crippen LogP contribution in [-0.2, 0) is 0 Å². The van der Waals surface area contributed by atoms with Crippen LogP contribution in [0.4, 0.5) is 5.69 Å². The molecule has 0 amide bonds. The maximum absolute atomic E-state index is 5.98. The van der Waals surface area contributed by atoms with Crippen molar-refractivity contribution in [3.63, 3.8) is 0 Å². The highest BCUT2D eigenvalue weighted by atomic mass is 35.5. The van der Waals surface area contributed by atoms with Gasteiger partial charge in [0.1, 0.15) is 11.5 Å². The number of nitrogen functional groups attached to an aromatic ring is 1. The van der Waals surface area contributed by atoms with Gasteiger partial charge in [-0.05, 0) is 30.3 Å². The van der Waals surface area contributed by atoms with Gasteiger partial charge in [0.15, 0.2) is 0 Å². The summed E-state index contributed by atoms with van der Waals surface area (Å²) in [6, 6.07) is 10.6. The Morgan fingerprint density at radius 3 is 2.60 bits per heavy atom. The quantitative estimate of drug-likeness (QED) is 0.684. The third-order valence-corrected chi connectivity index (χ3v) is 3.67. The zero-order valence-electron chi connectivity index (χ0n) is 10.3. The van der Waals surface area contributed by atoms with Gasteiger partial charge in [0.05, 0.1) is 10.0 Å². The van der Waals surface area contributed by atoms with E-state index in [1.54, 1.807) is 36.7 Å². The molecule has 20 heavy (non-hydrogen) atoms. The highest BCUT2D eigenvalue weighted by molar-refractivity contribution is 6.42. The maximum atomic E-state index is 5.98. The van der Waals surface area contributed by atoms with Crippen LogP contribution < -0.4 is 10.5 Å². The molecule has 0 radical (unpaired) electrons. The van der Waals surface area contributed by atoms with E-state index in [0.717, 1.165) is 10.8 Å². The van der Waals surface area contributed by atoms with Crippen LogP contribution in [0.15, 0.2) is 48.8 Å². The molecule has 1 heterocycles. The number of pyridine rings is 1. The van der Waals surface area contributed by atoms with Crippen LogP contribution in [-0.4, -0.2) is 4.98 Å². The van der Waals surface area contributed by atoms with E-state index in [1.807, 2.05) is 12.1 Å². The van der Waals surface area contributed by atoms with Gasteiger partial charge in [-0.25, -0.2) is 0 Å². The van der Waals surface area contributed by atoms with Crippen molar-refractivity contribution >= 4 is 39.7 Å². The highest BCUT2D eigenvalue weighted by Gasteiger charge is 2.07. The van der Waals surface area contributed by atoms with Crippen LogP contribution in [0.25, 0.3) is 10.8 Å². The van der Waals surface area contributed by atoms with E-state index in [-0.39, 0.29) is 0 Å². The predicted octanol–water partition coefficient (Wildman–Crippen LogP) is 4.92. The Bertz CT molecular complexity index is 790. The molecule has 0 aliphatic carbocycles. The number of nitrogens with two attached hydrogens (primary N) is 1. The summed E-state index contributed by atoms with van der Waals surface area (Å²) in [5.74, 6) is 1.30. The van der Waals surface area contributed by atoms with Crippen LogP contribution >= 0.6 is 23.2 Å². The fourth-order valence-electron chi connectivity index (χ4n) is 1.94. The maximum Gasteiger partial charge on any atom is 0.135 e. The Balaban J connectivity index is 2.06. The highest BCUT2D eigenvalue weighted by Crippen LogP contribution is 2.34. The van der Waals surface area contributed by atoms with Gasteiger partial charge in [-0.2, -0.15) is 0 Å². The average Bonchev–Trinajstić information content (AvgIpc) is 2.46. The number of ether oxygens (including phenoxy) is 1. The number of hydrogen-bond donors (Lipinski definition) is 1. The lowest BCUT2D eigenvalue weighted by atomic mass is 10.1. The van der Waals surface area contributed by atoms with Crippen molar-refractivity contribution in [3.8, 4) is 11.5 Å². The molecular formula is C15H10Cl2N2O. The second-order valence-electron chi connectivity index (χ2n) is 4.25. The molecule has 0 spiro atoms. The van der Waals surface area contributed by atoms with Gasteiger partial charge in [-0.3, -0.25) is 4.98 Å². The van der Waals surface area contributed by atoms with Crippen LogP contribution in [0.2, 0.25) is 10.0 Å². The molecule has 0 saturated heterocycles. The van der Waals surface area contributed by atoms with Crippen molar-refractivity contribution in [3.05, 3.63) is 58.8 Å². The molecule has 3 rings (SSSR count). The van der Waals surface area contributed by atoms with Crippen molar-refractivity contribution in [2.24, 2.45) is 0 Å². The topological polar surface area (TPSA) is 48.1 Å². The van der Waals surface area contributed by atoms with Gasteiger partial charge < -0.3 is 10.5 Å². The molecule has 100 valence electrons. The Kier molecular flexibility index (Phi) is 3.38. The lowest BCUT2D eigenvalue weighted by Gasteiger charge is -2.10. The van der Waals surface area contributed by atoms with Crippen molar-refractivity contribution < 1.29 is 4.74 Å². The average molecular weight is 305 g/mol. The first-order chi connectivity index (χ1) is 9.65. The van der Waals surface area contributed by atoms with E-state index in [1.165, 1.54) is 0 Å². The Labute approximate surface area is 125 Å². The van der Waals surface area contributed by atoms with E-state index in [0.29, 0.717) is 27.2 Å². The summed E-state index contributed by atoms with van der Waals surface area (Å²) in [6.07, 6.45) is 3.41. The minimum absolute atomic E-state index is 0.450. The molecule has 0 aliphatic heterocycles. The van der Waals surface area contributed by atoms with Gasteiger partial charge in [-0.1, -0.05) is 23.2 Å². The number of halogens is 2. The second kappa shape index (κ2) is 5.19. The molecule has 3 aromatic rings. The fourth-order valence-corrected chi connectivity index (χ4v) is 2.23. The molecule has 3 nitrogen and oxygen atoms in total. The van der Waals surface area contributed by atoms with Gasteiger partial charge in [0.25, 0.3) is 0 Å². The number of hydrogen-bond acceptors (Lipinski definition) is 3. The number of fused-ring (bicyclic) bond motifs is 1. The van der Waals surface area contributed by atoms with E-state index in [9.17, 15) is 0 Å². The summed E-state index contributed by atoms with van der Waals surface area (Å²) < 4.78 is 5.86. The summed E-state index contributed by atoms with van der Waals surface area (Å²) in [6.45, 7) is 0. The third-order valence-electron chi connectivity index (χ3n) is 2.93. The number of benzene rings is 2. The van der Waals surface area contributed by atoms with E-state index >= 15 is 0 Å². The van der Waals surface area contributed by atoms with Gasteiger partial charge in [0, 0.05) is 34.9 Å².